The molecule has 11 nitrogen and oxygen atoms in total. The first kappa shape index (κ1) is 21.6. The molecule has 1 aliphatic heterocycles. The molecule has 0 bridgehead atoms. The van der Waals surface area contributed by atoms with Crippen molar-refractivity contribution in [1.29, 1.82) is 0 Å². The standard InChI is InChI=1S/C13H22N4O6.H2O/c1-5(4-18)10(20)11-9(16-6(2)19)7(17-13(14)15)3-8(23-11)12(21)22;/h3,5,7,9-11,18,20H,4H2,1-2H3,(H,16,19)(H,21,22)(H4,14,15,17);1H2/t5-,7+,9-,10-,11-;/m1./s1. The van der Waals surface area contributed by atoms with Crippen molar-refractivity contribution >= 4 is 17.8 Å². The highest BCUT2D eigenvalue weighted by atomic mass is 16.5. The summed E-state index contributed by atoms with van der Waals surface area (Å²) in [4.78, 5) is 26.5. The maximum atomic E-state index is 11.4. The lowest BCUT2D eigenvalue weighted by Crippen LogP contribution is -2.58. The zero-order valence-electron chi connectivity index (χ0n) is 13.3. The van der Waals surface area contributed by atoms with Gasteiger partial charge in [-0.05, 0) is 6.08 Å². The Labute approximate surface area is 138 Å². The molecule has 138 valence electrons. The zero-order chi connectivity index (χ0) is 17.7. The van der Waals surface area contributed by atoms with Gasteiger partial charge in [-0.15, -0.1) is 0 Å². The normalized spacial score (nSPS) is 25.2. The Morgan fingerprint density at radius 2 is 2.04 bits per heavy atom. The Kier molecular flexibility index (Phi) is 8.16. The van der Waals surface area contributed by atoms with Gasteiger partial charge in [0.25, 0.3) is 0 Å². The Hall–Kier alpha value is -2.37. The number of nitrogens with one attached hydrogen (secondary N) is 1. The Morgan fingerprint density at radius 1 is 1.46 bits per heavy atom. The molecule has 0 spiro atoms. The fraction of sp³-hybridized carbons (Fsp3) is 0.615. The number of guanidine groups is 1. The van der Waals surface area contributed by atoms with E-state index in [1.807, 2.05) is 0 Å². The molecule has 0 fully saturated rings. The van der Waals surface area contributed by atoms with E-state index in [4.69, 9.17) is 21.3 Å². The zero-order valence-corrected chi connectivity index (χ0v) is 13.3. The van der Waals surface area contributed by atoms with Gasteiger partial charge < -0.3 is 42.3 Å². The van der Waals surface area contributed by atoms with Crippen LogP contribution in [0.4, 0.5) is 0 Å². The smallest absolute Gasteiger partial charge is 0.370 e. The maximum Gasteiger partial charge on any atom is 0.370 e. The molecule has 1 aliphatic rings. The number of carbonyl (C=O) groups is 2. The van der Waals surface area contributed by atoms with Crippen LogP contribution in [-0.2, 0) is 14.3 Å². The molecule has 24 heavy (non-hydrogen) atoms. The lowest BCUT2D eigenvalue weighted by molar-refractivity contribution is -0.142. The van der Waals surface area contributed by atoms with Crippen molar-refractivity contribution in [3.63, 3.8) is 0 Å². The van der Waals surface area contributed by atoms with Crippen LogP contribution in [-0.4, -0.2) is 69.5 Å². The van der Waals surface area contributed by atoms with E-state index in [1.54, 1.807) is 6.92 Å². The van der Waals surface area contributed by atoms with Crippen molar-refractivity contribution < 1.29 is 35.1 Å². The van der Waals surface area contributed by atoms with E-state index >= 15 is 0 Å². The summed E-state index contributed by atoms with van der Waals surface area (Å²) in [5, 5.41) is 31.2. The summed E-state index contributed by atoms with van der Waals surface area (Å²) in [5.41, 5.74) is 10.7. The second kappa shape index (κ2) is 9.05. The number of amides is 1. The average molecular weight is 348 g/mol. The van der Waals surface area contributed by atoms with Crippen LogP contribution in [0, 0.1) is 5.92 Å². The predicted molar refractivity (Wildman–Crippen MR) is 83.7 cm³/mol. The van der Waals surface area contributed by atoms with Crippen LogP contribution in [0.5, 0.6) is 0 Å². The van der Waals surface area contributed by atoms with Crippen LogP contribution in [0.25, 0.3) is 0 Å². The van der Waals surface area contributed by atoms with Gasteiger partial charge in [-0.1, -0.05) is 6.92 Å². The molecule has 11 heteroatoms. The van der Waals surface area contributed by atoms with Crippen molar-refractivity contribution in [3.05, 3.63) is 11.8 Å². The van der Waals surface area contributed by atoms with Crippen LogP contribution in [0.2, 0.25) is 0 Å². The number of nitrogens with zero attached hydrogens (tertiary/aromatic N) is 1. The first-order valence-electron chi connectivity index (χ1n) is 6.93. The number of ether oxygens (including phenoxy) is 1. The van der Waals surface area contributed by atoms with E-state index in [-0.39, 0.29) is 18.0 Å². The van der Waals surface area contributed by atoms with Crippen LogP contribution in [0.15, 0.2) is 16.8 Å². The quantitative estimate of drug-likeness (QED) is 0.210. The van der Waals surface area contributed by atoms with Crippen LogP contribution < -0.4 is 16.8 Å². The molecule has 1 amide bonds. The maximum absolute atomic E-state index is 11.4. The number of hydrogen-bond acceptors (Lipinski definition) is 6. The Morgan fingerprint density at radius 3 is 2.46 bits per heavy atom. The lowest BCUT2D eigenvalue weighted by Gasteiger charge is -2.38. The molecular weight excluding hydrogens is 324 g/mol. The second-order valence-electron chi connectivity index (χ2n) is 5.34. The van der Waals surface area contributed by atoms with Crippen molar-refractivity contribution in [2.45, 2.75) is 38.1 Å². The van der Waals surface area contributed by atoms with Gasteiger partial charge >= 0.3 is 5.97 Å². The van der Waals surface area contributed by atoms with E-state index < -0.39 is 47.8 Å². The lowest BCUT2D eigenvalue weighted by atomic mass is 9.89. The number of carboxylic acids is 1. The second-order valence-corrected chi connectivity index (χ2v) is 5.34. The topological polar surface area (TPSA) is 212 Å². The van der Waals surface area contributed by atoms with Gasteiger partial charge in [0.05, 0.1) is 18.2 Å². The summed E-state index contributed by atoms with van der Waals surface area (Å²) >= 11 is 0. The number of aliphatic carboxylic acids is 1. The average Bonchev–Trinajstić information content (AvgIpc) is 2.45. The van der Waals surface area contributed by atoms with Gasteiger partial charge in [-0.25, -0.2) is 9.79 Å². The third kappa shape index (κ3) is 5.37. The van der Waals surface area contributed by atoms with Gasteiger partial charge in [0.2, 0.25) is 11.7 Å². The highest BCUT2D eigenvalue weighted by molar-refractivity contribution is 5.85. The number of carbonyl (C=O) groups excluding carboxylic acids is 1. The van der Waals surface area contributed by atoms with Crippen LogP contribution in [0.3, 0.4) is 0 Å². The fourth-order valence-electron chi connectivity index (χ4n) is 2.24. The molecule has 0 aromatic carbocycles. The van der Waals surface area contributed by atoms with Crippen LogP contribution >= 0.6 is 0 Å². The number of nitrogens with two attached hydrogens (primary N) is 2. The SMILES string of the molecule is CC(=O)N[C@H]1[C@H]([C@H](O)[C@H](C)CO)OC(C(=O)O)=C[C@@H]1N=C(N)N.O. The van der Waals surface area contributed by atoms with E-state index in [0.29, 0.717) is 0 Å². The third-order valence-corrected chi connectivity index (χ3v) is 3.39. The monoisotopic (exact) mass is 348 g/mol. The molecule has 10 N–H and O–H groups in total. The van der Waals surface area contributed by atoms with Crippen molar-refractivity contribution in [2.24, 2.45) is 22.4 Å². The Balaban J connectivity index is 0.00000529. The molecule has 1 heterocycles. The molecule has 0 unspecified atom stereocenters. The van der Waals surface area contributed by atoms with Crippen molar-refractivity contribution in [2.75, 3.05) is 6.61 Å². The highest BCUT2D eigenvalue weighted by Crippen LogP contribution is 2.26. The number of rotatable bonds is 6. The first-order valence-corrected chi connectivity index (χ1v) is 6.93. The van der Waals surface area contributed by atoms with Gasteiger partial charge in [-0.3, -0.25) is 4.79 Å². The van der Waals surface area contributed by atoms with Crippen molar-refractivity contribution in [3.8, 4) is 0 Å². The molecule has 0 aromatic heterocycles. The van der Waals surface area contributed by atoms with E-state index in [2.05, 4.69) is 10.3 Å². The van der Waals surface area contributed by atoms with E-state index in [9.17, 15) is 19.8 Å². The van der Waals surface area contributed by atoms with Gasteiger partial charge in [0.1, 0.15) is 6.10 Å². The van der Waals surface area contributed by atoms with Crippen LogP contribution in [0.1, 0.15) is 13.8 Å². The van der Waals surface area contributed by atoms with E-state index in [1.165, 1.54) is 6.92 Å². The van der Waals surface area contributed by atoms with Gasteiger partial charge in [0, 0.05) is 19.4 Å². The number of aliphatic imine (C=N–C) groups is 1. The third-order valence-electron chi connectivity index (χ3n) is 3.39. The highest BCUT2D eigenvalue weighted by Gasteiger charge is 2.43. The van der Waals surface area contributed by atoms with E-state index in [0.717, 1.165) is 6.08 Å². The number of aliphatic hydroxyl groups is 2. The molecule has 0 saturated heterocycles. The predicted octanol–water partition coefficient (Wildman–Crippen LogP) is -3.33. The molecule has 5 atom stereocenters. The van der Waals surface area contributed by atoms with Gasteiger partial charge in [-0.2, -0.15) is 0 Å². The molecule has 0 radical (unpaired) electrons. The number of hydrogen-bond donors (Lipinski definition) is 6. The molecule has 0 saturated carbocycles. The number of carboxylic acid groups (broad SMARTS) is 1. The van der Waals surface area contributed by atoms with Gasteiger partial charge in [0.15, 0.2) is 5.96 Å². The van der Waals surface area contributed by atoms with Crippen molar-refractivity contribution in [1.82, 2.24) is 5.32 Å². The molecule has 0 aromatic rings. The molecular formula is C13H24N4O7. The summed E-state index contributed by atoms with van der Waals surface area (Å²) in [6.45, 7) is 2.45. The first-order chi connectivity index (χ1) is 10.7. The summed E-state index contributed by atoms with van der Waals surface area (Å²) in [5.74, 6) is -3.18. The minimum absolute atomic E-state index is 0. The molecule has 1 rings (SSSR count). The summed E-state index contributed by atoms with van der Waals surface area (Å²) in [6, 6.07) is -1.84. The largest absolute Gasteiger partial charge is 0.478 e. The minimum atomic E-state index is -1.36. The summed E-state index contributed by atoms with van der Waals surface area (Å²) in [7, 11) is 0. The summed E-state index contributed by atoms with van der Waals surface area (Å²) < 4.78 is 5.29. The molecule has 0 aliphatic carbocycles. The Bertz CT molecular complexity index is 518. The minimum Gasteiger partial charge on any atom is -0.478 e. The summed E-state index contributed by atoms with van der Waals surface area (Å²) in [6.07, 6.45) is -1.25. The fourth-order valence-corrected chi connectivity index (χ4v) is 2.24. The number of aliphatic hydroxyl groups excluding tert-OH is 2.